The maximum absolute atomic E-state index is 5.66. The molecule has 3 nitrogen and oxygen atoms in total. The lowest BCUT2D eigenvalue weighted by Gasteiger charge is -2.15. The molecule has 0 radical (unpaired) electrons. The molecule has 0 aliphatic heterocycles. The first-order valence-electron chi connectivity index (χ1n) is 7.11. The van der Waals surface area contributed by atoms with Gasteiger partial charge >= 0.3 is 0 Å². The third kappa shape index (κ3) is 4.39. The van der Waals surface area contributed by atoms with Crippen LogP contribution in [-0.2, 0) is 6.54 Å². The molecule has 0 unspecified atom stereocenters. The largest absolute Gasteiger partial charge is 0.490 e. The number of halogens is 1. The topological polar surface area (TPSA) is 30.5 Å². The number of rotatable bonds is 7. The summed E-state index contributed by atoms with van der Waals surface area (Å²) in [6.07, 6.45) is 0. The van der Waals surface area contributed by atoms with Crippen LogP contribution < -0.4 is 14.8 Å². The maximum Gasteiger partial charge on any atom is 0.162 e. The van der Waals surface area contributed by atoms with Gasteiger partial charge in [-0.3, -0.25) is 0 Å². The van der Waals surface area contributed by atoms with Gasteiger partial charge in [0.1, 0.15) is 0 Å². The van der Waals surface area contributed by atoms with E-state index in [0.29, 0.717) is 13.2 Å². The van der Waals surface area contributed by atoms with Crippen molar-refractivity contribution in [1.82, 2.24) is 0 Å². The molecular weight excluding hydrogens is 330 g/mol. The van der Waals surface area contributed by atoms with Crippen molar-refractivity contribution in [2.45, 2.75) is 20.4 Å². The minimum absolute atomic E-state index is 0.618. The lowest BCUT2D eigenvalue weighted by atomic mass is 10.2. The standard InChI is InChI=1S/C17H20BrNO2/c1-3-20-16-10-13(15(18)11-17(16)21-4-2)12-19-14-8-6-5-7-9-14/h5-11,19H,3-4,12H2,1-2H3. The minimum Gasteiger partial charge on any atom is -0.490 e. The van der Waals surface area contributed by atoms with E-state index >= 15 is 0 Å². The van der Waals surface area contributed by atoms with Crippen molar-refractivity contribution in [3.8, 4) is 11.5 Å². The SMILES string of the molecule is CCOc1cc(Br)c(CNc2ccccc2)cc1OCC. The summed E-state index contributed by atoms with van der Waals surface area (Å²) >= 11 is 3.60. The van der Waals surface area contributed by atoms with Crippen LogP contribution in [0.25, 0.3) is 0 Å². The highest BCUT2D eigenvalue weighted by Gasteiger charge is 2.10. The fourth-order valence-corrected chi connectivity index (χ4v) is 2.47. The summed E-state index contributed by atoms with van der Waals surface area (Å²) in [6.45, 7) is 5.90. The summed E-state index contributed by atoms with van der Waals surface area (Å²) in [5.41, 5.74) is 2.22. The van der Waals surface area contributed by atoms with Gasteiger partial charge in [-0.25, -0.2) is 0 Å². The van der Waals surface area contributed by atoms with E-state index in [1.807, 2.05) is 56.3 Å². The molecule has 0 bridgehead atoms. The average molecular weight is 350 g/mol. The molecule has 0 aliphatic carbocycles. The molecule has 0 fully saturated rings. The van der Waals surface area contributed by atoms with Crippen LogP contribution in [0.5, 0.6) is 11.5 Å². The summed E-state index contributed by atoms with van der Waals surface area (Å²) in [4.78, 5) is 0. The van der Waals surface area contributed by atoms with E-state index < -0.39 is 0 Å². The Bertz CT molecular complexity index is 573. The molecule has 0 saturated heterocycles. The van der Waals surface area contributed by atoms with Crippen molar-refractivity contribution in [2.75, 3.05) is 18.5 Å². The van der Waals surface area contributed by atoms with E-state index in [-0.39, 0.29) is 0 Å². The Morgan fingerprint density at radius 3 is 2.19 bits per heavy atom. The molecule has 0 aliphatic rings. The molecule has 0 aromatic heterocycles. The van der Waals surface area contributed by atoms with Gasteiger partial charge in [-0.1, -0.05) is 34.1 Å². The van der Waals surface area contributed by atoms with E-state index in [1.54, 1.807) is 0 Å². The highest BCUT2D eigenvalue weighted by molar-refractivity contribution is 9.10. The van der Waals surface area contributed by atoms with Crippen LogP contribution in [0.3, 0.4) is 0 Å². The fourth-order valence-electron chi connectivity index (χ4n) is 2.00. The molecule has 2 aromatic carbocycles. The summed E-state index contributed by atoms with van der Waals surface area (Å²) in [6, 6.07) is 14.1. The van der Waals surface area contributed by atoms with Gasteiger partial charge in [0, 0.05) is 16.7 Å². The molecule has 0 heterocycles. The molecule has 0 saturated carbocycles. The van der Waals surface area contributed by atoms with E-state index in [1.165, 1.54) is 0 Å². The fraction of sp³-hybridized carbons (Fsp3) is 0.294. The van der Waals surface area contributed by atoms with Crippen LogP contribution in [0.4, 0.5) is 5.69 Å². The first-order chi connectivity index (χ1) is 10.2. The lowest BCUT2D eigenvalue weighted by molar-refractivity contribution is 0.287. The molecule has 0 amide bonds. The second kappa shape index (κ2) is 7.93. The average Bonchev–Trinajstić information content (AvgIpc) is 2.50. The third-order valence-electron chi connectivity index (χ3n) is 2.97. The molecule has 2 rings (SSSR count). The van der Waals surface area contributed by atoms with Gasteiger partial charge < -0.3 is 14.8 Å². The van der Waals surface area contributed by atoms with E-state index in [0.717, 1.165) is 33.8 Å². The number of ether oxygens (including phenoxy) is 2. The zero-order valence-corrected chi connectivity index (χ0v) is 13.9. The van der Waals surface area contributed by atoms with Gasteiger partial charge in [0.25, 0.3) is 0 Å². The second-order valence-corrected chi connectivity index (χ2v) is 5.33. The zero-order chi connectivity index (χ0) is 15.1. The predicted octanol–water partition coefficient (Wildman–Crippen LogP) is 4.86. The zero-order valence-electron chi connectivity index (χ0n) is 12.4. The van der Waals surface area contributed by atoms with Crippen LogP contribution in [-0.4, -0.2) is 13.2 Å². The number of nitrogens with one attached hydrogen (secondary N) is 1. The van der Waals surface area contributed by atoms with Gasteiger partial charge in [0.15, 0.2) is 11.5 Å². The van der Waals surface area contributed by atoms with Gasteiger partial charge in [-0.2, -0.15) is 0 Å². The van der Waals surface area contributed by atoms with Crippen molar-refractivity contribution in [3.63, 3.8) is 0 Å². The van der Waals surface area contributed by atoms with Gasteiger partial charge in [0.2, 0.25) is 0 Å². The predicted molar refractivity (Wildman–Crippen MR) is 90.2 cm³/mol. The van der Waals surface area contributed by atoms with Gasteiger partial charge in [-0.15, -0.1) is 0 Å². The molecule has 0 atom stereocenters. The van der Waals surface area contributed by atoms with Gasteiger partial charge in [0.05, 0.1) is 13.2 Å². The Balaban J connectivity index is 2.16. The van der Waals surface area contributed by atoms with E-state index in [9.17, 15) is 0 Å². The summed E-state index contributed by atoms with van der Waals surface area (Å²) in [5, 5.41) is 3.40. The summed E-state index contributed by atoms with van der Waals surface area (Å²) < 4.78 is 12.3. The number of hydrogen-bond donors (Lipinski definition) is 1. The number of anilines is 1. The van der Waals surface area contributed by atoms with Crippen LogP contribution >= 0.6 is 15.9 Å². The first-order valence-corrected chi connectivity index (χ1v) is 7.90. The second-order valence-electron chi connectivity index (χ2n) is 4.48. The number of benzene rings is 2. The summed E-state index contributed by atoms with van der Waals surface area (Å²) in [5.74, 6) is 1.56. The van der Waals surface area contributed by atoms with Crippen molar-refractivity contribution in [2.24, 2.45) is 0 Å². The molecule has 21 heavy (non-hydrogen) atoms. The van der Waals surface area contributed by atoms with Crippen molar-refractivity contribution < 1.29 is 9.47 Å². The minimum atomic E-state index is 0.618. The van der Waals surface area contributed by atoms with Crippen LogP contribution in [0.2, 0.25) is 0 Å². The van der Waals surface area contributed by atoms with E-state index in [2.05, 4.69) is 21.2 Å². The Hall–Kier alpha value is -1.68. The Labute approximate surface area is 134 Å². The Morgan fingerprint density at radius 1 is 0.952 bits per heavy atom. The van der Waals surface area contributed by atoms with Crippen LogP contribution in [0.1, 0.15) is 19.4 Å². The number of para-hydroxylation sites is 1. The normalized spacial score (nSPS) is 10.2. The molecule has 0 spiro atoms. The molecular formula is C17H20BrNO2. The van der Waals surface area contributed by atoms with Crippen LogP contribution in [0, 0.1) is 0 Å². The smallest absolute Gasteiger partial charge is 0.162 e. The molecule has 112 valence electrons. The molecule has 4 heteroatoms. The maximum atomic E-state index is 5.66. The third-order valence-corrected chi connectivity index (χ3v) is 3.71. The molecule has 2 aromatic rings. The lowest BCUT2D eigenvalue weighted by Crippen LogP contribution is -2.03. The highest BCUT2D eigenvalue weighted by atomic mass is 79.9. The van der Waals surface area contributed by atoms with Crippen molar-refractivity contribution >= 4 is 21.6 Å². The first kappa shape index (κ1) is 15.7. The van der Waals surface area contributed by atoms with Crippen LogP contribution in [0.15, 0.2) is 46.9 Å². The van der Waals surface area contributed by atoms with E-state index in [4.69, 9.17) is 9.47 Å². The monoisotopic (exact) mass is 349 g/mol. The highest BCUT2D eigenvalue weighted by Crippen LogP contribution is 2.34. The quantitative estimate of drug-likeness (QED) is 0.774. The van der Waals surface area contributed by atoms with Crippen molar-refractivity contribution in [1.29, 1.82) is 0 Å². The Kier molecular flexibility index (Phi) is 5.93. The van der Waals surface area contributed by atoms with Crippen molar-refractivity contribution in [3.05, 3.63) is 52.5 Å². The van der Waals surface area contributed by atoms with Gasteiger partial charge in [-0.05, 0) is 43.7 Å². The number of hydrogen-bond acceptors (Lipinski definition) is 3. The Morgan fingerprint density at radius 2 is 1.57 bits per heavy atom. The molecule has 1 N–H and O–H groups in total. The summed E-state index contributed by atoms with van der Waals surface area (Å²) in [7, 11) is 0.